The average molecular weight is 498 g/mol. The van der Waals surface area contributed by atoms with E-state index in [0.29, 0.717) is 40.2 Å². The molecule has 0 radical (unpaired) electrons. The Labute approximate surface area is 206 Å². The van der Waals surface area contributed by atoms with E-state index in [4.69, 9.17) is 4.42 Å². The molecule has 0 aliphatic rings. The second-order valence-electron chi connectivity index (χ2n) is 8.92. The van der Waals surface area contributed by atoms with E-state index < -0.39 is 11.7 Å². The van der Waals surface area contributed by atoms with Gasteiger partial charge in [-0.15, -0.1) is 10.2 Å². The molecule has 0 fully saturated rings. The number of aryl methyl sites for hydroxylation is 2. The van der Waals surface area contributed by atoms with E-state index >= 15 is 0 Å². The Morgan fingerprint density at radius 3 is 2.47 bits per heavy atom. The second-order valence-corrected chi connectivity index (χ2v) is 8.92. The van der Waals surface area contributed by atoms with Crippen molar-refractivity contribution in [2.45, 2.75) is 46.3 Å². The number of amides is 1. The molecule has 4 aromatic rings. The van der Waals surface area contributed by atoms with Crippen LogP contribution in [0.2, 0.25) is 0 Å². The maximum Gasteiger partial charge on any atom is 0.416 e. The van der Waals surface area contributed by atoms with Crippen LogP contribution in [-0.4, -0.2) is 25.9 Å². The average Bonchev–Trinajstić information content (AvgIpc) is 3.47. The topological polar surface area (TPSA) is 85.8 Å². The van der Waals surface area contributed by atoms with Crippen molar-refractivity contribution in [1.29, 1.82) is 0 Å². The third-order valence-corrected chi connectivity index (χ3v) is 5.59. The summed E-state index contributed by atoms with van der Waals surface area (Å²) in [5, 5.41) is 15.4. The van der Waals surface area contributed by atoms with Gasteiger partial charge >= 0.3 is 6.18 Å². The zero-order chi connectivity index (χ0) is 25.9. The Balaban J connectivity index is 1.54. The van der Waals surface area contributed by atoms with Crippen molar-refractivity contribution in [1.82, 2.24) is 25.3 Å². The molecule has 0 spiro atoms. The van der Waals surface area contributed by atoms with Gasteiger partial charge in [0.15, 0.2) is 0 Å². The van der Waals surface area contributed by atoms with Crippen LogP contribution in [0.4, 0.5) is 13.2 Å². The fraction of sp³-hybridized carbons (Fsp3) is 0.308. The molecule has 1 amide bonds. The first kappa shape index (κ1) is 25.2. The van der Waals surface area contributed by atoms with E-state index in [1.165, 1.54) is 12.1 Å². The predicted octanol–water partition coefficient (Wildman–Crippen LogP) is 5.77. The molecule has 2 aromatic heterocycles. The Hall–Kier alpha value is -3.95. The van der Waals surface area contributed by atoms with E-state index in [9.17, 15) is 18.0 Å². The Morgan fingerprint density at radius 1 is 1.08 bits per heavy atom. The van der Waals surface area contributed by atoms with E-state index in [2.05, 4.69) is 34.5 Å². The van der Waals surface area contributed by atoms with Gasteiger partial charge in [0.2, 0.25) is 5.89 Å². The van der Waals surface area contributed by atoms with Gasteiger partial charge in [0.05, 0.1) is 11.3 Å². The van der Waals surface area contributed by atoms with Crippen LogP contribution >= 0.6 is 0 Å². The minimum atomic E-state index is -4.40. The molecule has 188 valence electrons. The standard InChI is InChI=1S/C26H26F3N5O2/c1-16(2)7-12-22-14-23(25-32-31-17(3)36-25)33-34(22)21-6-4-5-19(13-21)24(35)30-15-18-8-10-20(11-9-18)26(27,28)29/h4-6,8-11,13-14,16H,7,12,15H2,1-3H3,(H,30,35). The quantitative estimate of drug-likeness (QED) is 0.334. The summed E-state index contributed by atoms with van der Waals surface area (Å²) in [6.07, 6.45) is -2.69. The first-order valence-electron chi connectivity index (χ1n) is 11.5. The first-order valence-corrected chi connectivity index (χ1v) is 11.5. The van der Waals surface area contributed by atoms with E-state index in [0.717, 1.165) is 30.7 Å². The number of carbonyl (C=O) groups is 1. The highest BCUT2D eigenvalue weighted by molar-refractivity contribution is 5.94. The molecule has 4 rings (SSSR count). The summed E-state index contributed by atoms with van der Waals surface area (Å²) in [6.45, 7) is 6.10. The van der Waals surface area contributed by atoms with Crippen LogP contribution < -0.4 is 5.32 Å². The number of nitrogens with one attached hydrogen (secondary N) is 1. The van der Waals surface area contributed by atoms with Crippen LogP contribution in [0.15, 0.2) is 59.0 Å². The summed E-state index contributed by atoms with van der Waals surface area (Å²) in [5.41, 5.74) is 2.42. The van der Waals surface area contributed by atoms with Crippen molar-refractivity contribution in [3.63, 3.8) is 0 Å². The fourth-order valence-electron chi connectivity index (χ4n) is 3.64. The molecule has 7 nitrogen and oxygen atoms in total. The fourth-order valence-corrected chi connectivity index (χ4v) is 3.64. The van der Waals surface area contributed by atoms with Gasteiger partial charge in [0, 0.05) is 24.7 Å². The van der Waals surface area contributed by atoms with Crippen LogP contribution in [-0.2, 0) is 19.1 Å². The van der Waals surface area contributed by atoms with Gasteiger partial charge < -0.3 is 9.73 Å². The van der Waals surface area contributed by atoms with Crippen LogP contribution in [0.1, 0.15) is 53.3 Å². The van der Waals surface area contributed by atoms with Crippen molar-refractivity contribution >= 4 is 5.91 Å². The Bertz CT molecular complexity index is 1340. The third-order valence-electron chi connectivity index (χ3n) is 5.59. The molecule has 0 bridgehead atoms. The predicted molar refractivity (Wildman–Crippen MR) is 127 cm³/mol. The zero-order valence-corrected chi connectivity index (χ0v) is 20.1. The van der Waals surface area contributed by atoms with Gasteiger partial charge in [-0.3, -0.25) is 4.79 Å². The number of benzene rings is 2. The van der Waals surface area contributed by atoms with Gasteiger partial charge in [0.25, 0.3) is 11.8 Å². The van der Waals surface area contributed by atoms with E-state index in [1.54, 1.807) is 29.8 Å². The second kappa shape index (κ2) is 10.3. The summed E-state index contributed by atoms with van der Waals surface area (Å²) < 4.78 is 45.6. The summed E-state index contributed by atoms with van der Waals surface area (Å²) in [4.78, 5) is 12.8. The SMILES string of the molecule is Cc1nnc(-c2cc(CCC(C)C)n(-c3cccc(C(=O)NCc4ccc(C(F)(F)F)cc4)c3)n2)o1. The first-order chi connectivity index (χ1) is 17.1. The van der Waals surface area contributed by atoms with Crippen LogP contribution in [0, 0.1) is 12.8 Å². The van der Waals surface area contributed by atoms with Gasteiger partial charge in [-0.2, -0.15) is 18.3 Å². The summed E-state index contributed by atoms with van der Waals surface area (Å²) in [6, 6.07) is 13.6. The molecular weight excluding hydrogens is 471 g/mol. The van der Waals surface area contributed by atoms with Gasteiger partial charge in [0.1, 0.15) is 5.69 Å². The number of hydrogen-bond donors (Lipinski definition) is 1. The number of nitrogens with zero attached hydrogens (tertiary/aromatic N) is 4. The molecule has 0 atom stereocenters. The molecule has 0 aliphatic heterocycles. The van der Waals surface area contributed by atoms with Crippen molar-refractivity contribution < 1.29 is 22.4 Å². The highest BCUT2D eigenvalue weighted by Crippen LogP contribution is 2.29. The molecule has 2 heterocycles. The molecule has 0 saturated carbocycles. The van der Waals surface area contributed by atoms with Gasteiger partial charge in [-0.25, -0.2) is 4.68 Å². The lowest BCUT2D eigenvalue weighted by molar-refractivity contribution is -0.137. The number of carbonyl (C=O) groups excluding carboxylic acids is 1. The van der Waals surface area contributed by atoms with Crippen molar-refractivity contribution in [2.24, 2.45) is 5.92 Å². The number of alkyl halides is 3. The Morgan fingerprint density at radius 2 is 1.83 bits per heavy atom. The molecule has 2 aromatic carbocycles. The Kier molecular flexibility index (Phi) is 7.23. The smallest absolute Gasteiger partial charge is 0.416 e. The van der Waals surface area contributed by atoms with Crippen molar-refractivity contribution in [2.75, 3.05) is 0 Å². The largest absolute Gasteiger partial charge is 0.420 e. The lowest BCUT2D eigenvalue weighted by atomic mass is 10.1. The lowest BCUT2D eigenvalue weighted by Gasteiger charge is -2.11. The summed E-state index contributed by atoms with van der Waals surface area (Å²) >= 11 is 0. The van der Waals surface area contributed by atoms with Gasteiger partial charge in [-0.05, 0) is 60.7 Å². The number of halogens is 3. The van der Waals surface area contributed by atoms with E-state index in [-0.39, 0.29) is 12.5 Å². The molecule has 0 unspecified atom stereocenters. The summed E-state index contributed by atoms with van der Waals surface area (Å²) in [5.74, 6) is 0.905. The minimum Gasteiger partial charge on any atom is -0.420 e. The molecule has 36 heavy (non-hydrogen) atoms. The lowest BCUT2D eigenvalue weighted by Crippen LogP contribution is -2.23. The monoisotopic (exact) mass is 497 g/mol. The highest BCUT2D eigenvalue weighted by atomic mass is 19.4. The molecular formula is C26H26F3N5O2. The number of hydrogen-bond acceptors (Lipinski definition) is 5. The zero-order valence-electron chi connectivity index (χ0n) is 20.1. The van der Waals surface area contributed by atoms with Gasteiger partial charge in [-0.1, -0.05) is 32.0 Å². The van der Waals surface area contributed by atoms with Crippen molar-refractivity contribution in [3.8, 4) is 17.3 Å². The maximum absolute atomic E-state index is 12.8. The van der Waals surface area contributed by atoms with Crippen molar-refractivity contribution in [3.05, 3.63) is 82.9 Å². The maximum atomic E-state index is 12.8. The van der Waals surface area contributed by atoms with Crippen LogP contribution in [0.3, 0.4) is 0 Å². The van der Waals surface area contributed by atoms with Crippen LogP contribution in [0.25, 0.3) is 17.3 Å². The molecule has 0 saturated heterocycles. The number of aromatic nitrogens is 4. The third kappa shape index (κ3) is 5.99. The molecule has 10 heteroatoms. The highest BCUT2D eigenvalue weighted by Gasteiger charge is 2.29. The van der Waals surface area contributed by atoms with E-state index in [1.807, 2.05) is 12.1 Å². The minimum absolute atomic E-state index is 0.100. The molecule has 1 N–H and O–H groups in total. The molecule has 0 aliphatic carbocycles. The number of rotatable bonds is 8. The van der Waals surface area contributed by atoms with Crippen LogP contribution in [0.5, 0.6) is 0 Å². The summed E-state index contributed by atoms with van der Waals surface area (Å²) in [7, 11) is 0. The normalized spacial score (nSPS) is 11.8.